The lowest BCUT2D eigenvalue weighted by atomic mass is 9.91. The van der Waals surface area contributed by atoms with Gasteiger partial charge in [-0.05, 0) is 24.3 Å². The zero-order chi connectivity index (χ0) is 11.7. The molecule has 1 aliphatic rings. The number of nitrogen functional groups attached to an aromatic ring is 1. The highest BCUT2D eigenvalue weighted by atomic mass is 15.2. The maximum Gasteiger partial charge on any atom is 0.145 e. The summed E-state index contributed by atoms with van der Waals surface area (Å²) in [5.41, 5.74) is 9.40. The molecule has 0 unspecified atom stereocenters. The number of H-pyrrole nitrogens is 1. The molecule has 1 fully saturated rings. The number of anilines is 1. The molecule has 2 aromatic rings. The molecule has 0 bridgehead atoms. The molecular weight excluding hydrogens is 210 g/mol. The highest BCUT2D eigenvalue weighted by Crippen LogP contribution is 2.38. The van der Waals surface area contributed by atoms with Gasteiger partial charge in [0.05, 0.1) is 5.69 Å². The molecule has 0 amide bonds. The van der Waals surface area contributed by atoms with Gasteiger partial charge in [0.15, 0.2) is 0 Å². The molecule has 88 valence electrons. The van der Waals surface area contributed by atoms with E-state index >= 15 is 0 Å². The van der Waals surface area contributed by atoms with Gasteiger partial charge in [0.25, 0.3) is 0 Å². The van der Waals surface area contributed by atoms with Crippen LogP contribution in [0.2, 0.25) is 0 Å². The van der Waals surface area contributed by atoms with E-state index < -0.39 is 0 Å². The second-order valence-electron chi connectivity index (χ2n) is 4.78. The van der Waals surface area contributed by atoms with Crippen LogP contribution in [0, 0.1) is 0 Å². The predicted molar refractivity (Wildman–Crippen MR) is 69.6 cm³/mol. The Morgan fingerprint density at radius 1 is 1.18 bits per heavy atom. The molecule has 3 heteroatoms. The summed E-state index contributed by atoms with van der Waals surface area (Å²) in [7, 11) is 0. The van der Waals surface area contributed by atoms with Crippen LogP contribution in [0.1, 0.15) is 37.2 Å². The van der Waals surface area contributed by atoms with E-state index in [-0.39, 0.29) is 0 Å². The summed E-state index contributed by atoms with van der Waals surface area (Å²) in [6, 6.07) is 10.5. The van der Waals surface area contributed by atoms with Crippen molar-refractivity contribution < 1.29 is 0 Å². The first kappa shape index (κ1) is 10.4. The molecule has 0 radical (unpaired) electrons. The van der Waals surface area contributed by atoms with Gasteiger partial charge < -0.3 is 5.73 Å². The first-order chi connectivity index (χ1) is 8.34. The monoisotopic (exact) mass is 227 g/mol. The summed E-state index contributed by atoms with van der Waals surface area (Å²) in [5, 5.41) is 7.02. The average molecular weight is 227 g/mol. The Balaban J connectivity index is 2.03. The second-order valence-corrected chi connectivity index (χ2v) is 4.78. The van der Waals surface area contributed by atoms with Crippen molar-refractivity contribution in [1.82, 2.24) is 10.2 Å². The van der Waals surface area contributed by atoms with Crippen molar-refractivity contribution in [1.29, 1.82) is 0 Å². The molecule has 0 aliphatic heterocycles. The zero-order valence-corrected chi connectivity index (χ0v) is 9.82. The lowest BCUT2D eigenvalue weighted by molar-refractivity contribution is 0.724. The molecule has 1 aliphatic carbocycles. The summed E-state index contributed by atoms with van der Waals surface area (Å²) in [4.78, 5) is 0. The van der Waals surface area contributed by atoms with Crippen molar-refractivity contribution in [2.75, 3.05) is 5.73 Å². The van der Waals surface area contributed by atoms with Gasteiger partial charge in [-0.25, -0.2) is 0 Å². The lowest BCUT2D eigenvalue weighted by Crippen LogP contribution is -1.95. The number of hydrogen-bond donors (Lipinski definition) is 2. The van der Waals surface area contributed by atoms with Gasteiger partial charge in [-0.15, -0.1) is 0 Å². The van der Waals surface area contributed by atoms with Crippen LogP contribution in [0.5, 0.6) is 0 Å². The smallest absolute Gasteiger partial charge is 0.145 e. The molecule has 1 aromatic heterocycles. The number of aromatic amines is 1. The Kier molecular flexibility index (Phi) is 2.59. The van der Waals surface area contributed by atoms with Gasteiger partial charge in [-0.2, -0.15) is 5.10 Å². The Bertz CT molecular complexity index is 510. The van der Waals surface area contributed by atoms with Crippen molar-refractivity contribution in [3.63, 3.8) is 0 Å². The van der Waals surface area contributed by atoms with E-state index in [9.17, 15) is 0 Å². The van der Waals surface area contributed by atoms with Gasteiger partial charge in [-0.3, -0.25) is 5.10 Å². The minimum absolute atomic E-state index is 0.557. The number of hydrogen-bond acceptors (Lipinski definition) is 2. The summed E-state index contributed by atoms with van der Waals surface area (Å²) in [5.74, 6) is 1.26. The molecule has 1 saturated carbocycles. The summed E-state index contributed by atoms with van der Waals surface area (Å²) in [6.45, 7) is 0. The fourth-order valence-electron chi connectivity index (χ4n) is 2.81. The number of nitrogens with one attached hydrogen (secondary N) is 1. The first-order valence-corrected chi connectivity index (χ1v) is 6.25. The largest absolute Gasteiger partial charge is 0.382 e. The Labute approximate surface area is 101 Å². The third kappa shape index (κ3) is 1.93. The van der Waals surface area contributed by atoms with E-state index in [2.05, 4.69) is 34.5 Å². The first-order valence-electron chi connectivity index (χ1n) is 6.25. The van der Waals surface area contributed by atoms with Crippen molar-refractivity contribution in [2.45, 2.75) is 31.6 Å². The minimum atomic E-state index is 0.557. The van der Waals surface area contributed by atoms with Gasteiger partial charge in [0.1, 0.15) is 5.82 Å². The second kappa shape index (κ2) is 4.24. The lowest BCUT2D eigenvalue weighted by Gasteiger charge is -2.13. The van der Waals surface area contributed by atoms with E-state index in [0.29, 0.717) is 11.7 Å². The van der Waals surface area contributed by atoms with Gasteiger partial charge in [-0.1, -0.05) is 37.1 Å². The van der Waals surface area contributed by atoms with Crippen LogP contribution >= 0.6 is 0 Å². The van der Waals surface area contributed by atoms with Crippen LogP contribution in [-0.2, 0) is 0 Å². The number of rotatable bonds is 2. The van der Waals surface area contributed by atoms with E-state index in [1.54, 1.807) is 0 Å². The highest BCUT2D eigenvalue weighted by molar-refractivity contribution is 5.66. The summed E-state index contributed by atoms with van der Waals surface area (Å²) < 4.78 is 0. The quantitative estimate of drug-likeness (QED) is 0.827. The van der Waals surface area contributed by atoms with E-state index in [1.807, 2.05) is 6.07 Å². The summed E-state index contributed by atoms with van der Waals surface area (Å²) in [6.07, 6.45) is 5.31. The topological polar surface area (TPSA) is 54.7 Å². The molecule has 1 aromatic carbocycles. The number of nitrogens with zero attached hydrogens (tertiary/aromatic N) is 1. The zero-order valence-electron chi connectivity index (χ0n) is 9.82. The Morgan fingerprint density at radius 2 is 1.94 bits per heavy atom. The van der Waals surface area contributed by atoms with Crippen molar-refractivity contribution in [3.8, 4) is 11.3 Å². The third-order valence-corrected chi connectivity index (χ3v) is 3.64. The van der Waals surface area contributed by atoms with Crippen LogP contribution in [0.15, 0.2) is 30.3 Å². The Hall–Kier alpha value is -1.77. The maximum absolute atomic E-state index is 5.68. The van der Waals surface area contributed by atoms with Crippen molar-refractivity contribution >= 4 is 5.82 Å². The SMILES string of the molecule is Nc1cc(-c2ccccc2C2CCCC2)[nH]n1. The maximum atomic E-state index is 5.68. The van der Waals surface area contributed by atoms with Crippen LogP contribution in [0.25, 0.3) is 11.3 Å². The molecule has 3 nitrogen and oxygen atoms in total. The summed E-state index contributed by atoms with van der Waals surface area (Å²) >= 11 is 0. The van der Waals surface area contributed by atoms with Crippen LogP contribution in [0.3, 0.4) is 0 Å². The van der Waals surface area contributed by atoms with Crippen molar-refractivity contribution in [3.05, 3.63) is 35.9 Å². The number of benzene rings is 1. The van der Waals surface area contributed by atoms with E-state index in [4.69, 9.17) is 5.73 Å². The van der Waals surface area contributed by atoms with Crippen LogP contribution in [0.4, 0.5) is 5.82 Å². The number of aromatic nitrogens is 2. The minimum Gasteiger partial charge on any atom is -0.382 e. The predicted octanol–water partition coefficient (Wildman–Crippen LogP) is 3.32. The highest BCUT2D eigenvalue weighted by Gasteiger charge is 2.20. The molecule has 0 atom stereocenters. The average Bonchev–Trinajstić information content (AvgIpc) is 3.00. The standard InChI is InChI=1S/C14H17N3/c15-14-9-13(16-17-14)12-8-4-3-7-11(12)10-5-1-2-6-10/h3-4,7-10H,1-2,5-6H2,(H3,15,16,17). The molecule has 1 heterocycles. The van der Waals surface area contributed by atoms with E-state index in [0.717, 1.165) is 5.69 Å². The van der Waals surface area contributed by atoms with Crippen LogP contribution in [-0.4, -0.2) is 10.2 Å². The molecule has 3 rings (SSSR count). The third-order valence-electron chi connectivity index (χ3n) is 3.64. The van der Waals surface area contributed by atoms with Gasteiger partial charge in [0, 0.05) is 11.6 Å². The fourth-order valence-corrected chi connectivity index (χ4v) is 2.81. The number of nitrogens with two attached hydrogens (primary N) is 1. The molecular formula is C14H17N3. The van der Waals surface area contributed by atoms with Crippen LogP contribution < -0.4 is 5.73 Å². The molecule has 0 spiro atoms. The van der Waals surface area contributed by atoms with E-state index in [1.165, 1.54) is 36.8 Å². The normalized spacial score (nSPS) is 16.5. The van der Waals surface area contributed by atoms with Gasteiger partial charge in [0.2, 0.25) is 0 Å². The molecule has 0 saturated heterocycles. The molecule has 17 heavy (non-hydrogen) atoms. The van der Waals surface area contributed by atoms with Gasteiger partial charge >= 0.3 is 0 Å². The fraction of sp³-hybridized carbons (Fsp3) is 0.357. The molecule has 3 N–H and O–H groups in total. The Morgan fingerprint density at radius 3 is 2.65 bits per heavy atom. The van der Waals surface area contributed by atoms with Crippen molar-refractivity contribution in [2.24, 2.45) is 0 Å².